The highest BCUT2D eigenvalue weighted by Crippen LogP contribution is 2.23. The molecule has 4 heterocycles. The SMILES string of the molecule is Cc1cc(Cc2nc(-c3cccc(C)n3)cc(N3CCN(C)CC3)n2)ccn1. The standard InChI is InChI=1S/C22H26N6/c1-16-5-4-6-19(24-16)20-15-22(28-11-9-27(3)10-12-28)26-21(25-20)14-18-7-8-23-17(2)13-18/h4-8,13,15H,9-12,14H2,1-3H3. The first kappa shape index (κ1) is 18.5. The molecular weight excluding hydrogens is 348 g/mol. The molecule has 4 rings (SSSR count). The second-order valence-corrected chi connectivity index (χ2v) is 7.46. The first-order valence-electron chi connectivity index (χ1n) is 9.74. The van der Waals surface area contributed by atoms with E-state index in [9.17, 15) is 0 Å². The summed E-state index contributed by atoms with van der Waals surface area (Å²) in [5, 5.41) is 0. The van der Waals surface area contributed by atoms with Crippen LogP contribution < -0.4 is 4.90 Å². The fraction of sp³-hybridized carbons (Fsp3) is 0.364. The molecule has 0 N–H and O–H groups in total. The van der Waals surface area contributed by atoms with Crippen molar-refractivity contribution in [1.82, 2.24) is 24.8 Å². The molecule has 1 aliphatic heterocycles. The molecule has 0 spiro atoms. The van der Waals surface area contributed by atoms with Gasteiger partial charge in [-0.1, -0.05) is 6.07 Å². The fourth-order valence-corrected chi connectivity index (χ4v) is 3.47. The van der Waals surface area contributed by atoms with Gasteiger partial charge in [-0.15, -0.1) is 0 Å². The van der Waals surface area contributed by atoms with Gasteiger partial charge in [-0.2, -0.15) is 0 Å². The number of hydrogen-bond acceptors (Lipinski definition) is 6. The number of aromatic nitrogens is 4. The number of aryl methyl sites for hydroxylation is 2. The Kier molecular flexibility index (Phi) is 5.30. The lowest BCUT2D eigenvalue weighted by molar-refractivity contribution is 0.312. The number of nitrogens with zero attached hydrogens (tertiary/aromatic N) is 6. The van der Waals surface area contributed by atoms with E-state index in [4.69, 9.17) is 9.97 Å². The summed E-state index contributed by atoms with van der Waals surface area (Å²) in [6.07, 6.45) is 2.53. The van der Waals surface area contributed by atoms with E-state index in [1.807, 2.05) is 44.3 Å². The average Bonchev–Trinajstić information content (AvgIpc) is 2.68. The largest absolute Gasteiger partial charge is 0.354 e. The van der Waals surface area contributed by atoms with Gasteiger partial charge in [-0.05, 0) is 50.7 Å². The Bertz CT molecular complexity index is 963. The maximum Gasteiger partial charge on any atom is 0.135 e. The van der Waals surface area contributed by atoms with Crippen LogP contribution in [0.3, 0.4) is 0 Å². The van der Waals surface area contributed by atoms with E-state index >= 15 is 0 Å². The van der Waals surface area contributed by atoms with Crippen LogP contribution >= 0.6 is 0 Å². The minimum absolute atomic E-state index is 0.684. The Balaban J connectivity index is 1.72. The molecule has 6 heteroatoms. The van der Waals surface area contributed by atoms with Crippen molar-refractivity contribution in [1.29, 1.82) is 0 Å². The lowest BCUT2D eigenvalue weighted by Crippen LogP contribution is -2.44. The second kappa shape index (κ2) is 8.02. The number of rotatable bonds is 4. The number of piperazine rings is 1. The highest BCUT2D eigenvalue weighted by atomic mass is 15.3. The average molecular weight is 374 g/mol. The lowest BCUT2D eigenvalue weighted by atomic mass is 10.1. The van der Waals surface area contributed by atoms with Gasteiger partial charge >= 0.3 is 0 Å². The number of hydrogen-bond donors (Lipinski definition) is 0. The normalized spacial score (nSPS) is 15.0. The van der Waals surface area contributed by atoms with Crippen LogP contribution in [0.25, 0.3) is 11.4 Å². The molecule has 0 radical (unpaired) electrons. The van der Waals surface area contributed by atoms with Crippen molar-refractivity contribution in [3.05, 3.63) is 65.4 Å². The van der Waals surface area contributed by atoms with Gasteiger partial charge < -0.3 is 9.80 Å². The minimum atomic E-state index is 0.684. The fourth-order valence-electron chi connectivity index (χ4n) is 3.47. The Morgan fingerprint density at radius 1 is 0.857 bits per heavy atom. The summed E-state index contributed by atoms with van der Waals surface area (Å²) >= 11 is 0. The van der Waals surface area contributed by atoms with Gasteiger partial charge in [0.25, 0.3) is 0 Å². The molecule has 0 unspecified atom stereocenters. The van der Waals surface area contributed by atoms with Gasteiger partial charge in [0, 0.05) is 56.3 Å². The summed E-state index contributed by atoms with van der Waals surface area (Å²) in [6.45, 7) is 8.05. The zero-order valence-corrected chi connectivity index (χ0v) is 16.8. The summed E-state index contributed by atoms with van der Waals surface area (Å²) in [7, 11) is 2.16. The monoisotopic (exact) mass is 374 g/mol. The Hall–Kier alpha value is -2.86. The van der Waals surface area contributed by atoms with Crippen LogP contribution in [-0.2, 0) is 6.42 Å². The molecule has 0 atom stereocenters. The summed E-state index contributed by atoms with van der Waals surface area (Å²) in [4.78, 5) is 23.4. The maximum atomic E-state index is 4.90. The van der Waals surface area contributed by atoms with E-state index in [1.54, 1.807) is 0 Å². The highest BCUT2D eigenvalue weighted by Gasteiger charge is 2.18. The van der Waals surface area contributed by atoms with Crippen molar-refractivity contribution in [2.45, 2.75) is 20.3 Å². The highest BCUT2D eigenvalue weighted by molar-refractivity contribution is 5.59. The maximum absolute atomic E-state index is 4.90. The number of pyridine rings is 2. The van der Waals surface area contributed by atoms with Crippen LogP contribution in [0.2, 0.25) is 0 Å². The van der Waals surface area contributed by atoms with E-state index < -0.39 is 0 Å². The van der Waals surface area contributed by atoms with Crippen LogP contribution in [-0.4, -0.2) is 58.1 Å². The molecule has 1 saturated heterocycles. The summed E-state index contributed by atoms with van der Waals surface area (Å²) in [5.41, 5.74) is 4.95. The van der Waals surface area contributed by atoms with Gasteiger partial charge in [-0.25, -0.2) is 9.97 Å². The second-order valence-electron chi connectivity index (χ2n) is 7.46. The first-order valence-corrected chi connectivity index (χ1v) is 9.74. The molecule has 3 aromatic rings. The number of likely N-dealkylation sites (N-methyl/N-ethyl adjacent to an activating group) is 1. The van der Waals surface area contributed by atoms with Gasteiger partial charge in [0.05, 0.1) is 11.4 Å². The molecule has 0 aromatic carbocycles. The Morgan fingerprint density at radius 3 is 2.43 bits per heavy atom. The molecule has 1 fully saturated rings. The molecule has 0 amide bonds. The third kappa shape index (κ3) is 4.34. The van der Waals surface area contributed by atoms with Gasteiger partial charge in [-0.3, -0.25) is 9.97 Å². The van der Waals surface area contributed by atoms with Crippen molar-refractivity contribution in [3.8, 4) is 11.4 Å². The molecule has 28 heavy (non-hydrogen) atoms. The van der Waals surface area contributed by atoms with Gasteiger partial charge in [0.2, 0.25) is 0 Å². The van der Waals surface area contributed by atoms with E-state index in [-0.39, 0.29) is 0 Å². The van der Waals surface area contributed by atoms with E-state index in [0.29, 0.717) is 6.42 Å². The third-order valence-electron chi connectivity index (χ3n) is 5.06. The molecule has 0 bridgehead atoms. The molecule has 144 valence electrons. The topological polar surface area (TPSA) is 58.0 Å². The Labute approximate surface area is 166 Å². The van der Waals surface area contributed by atoms with Crippen LogP contribution in [0.5, 0.6) is 0 Å². The van der Waals surface area contributed by atoms with Gasteiger partial charge in [0.15, 0.2) is 0 Å². The number of anilines is 1. The van der Waals surface area contributed by atoms with Crippen LogP contribution in [0.15, 0.2) is 42.6 Å². The zero-order valence-electron chi connectivity index (χ0n) is 16.8. The van der Waals surface area contributed by atoms with E-state index in [0.717, 1.165) is 60.6 Å². The third-order valence-corrected chi connectivity index (χ3v) is 5.06. The summed E-state index contributed by atoms with van der Waals surface area (Å²) < 4.78 is 0. The van der Waals surface area contributed by atoms with Crippen molar-refractivity contribution in [2.24, 2.45) is 0 Å². The van der Waals surface area contributed by atoms with E-state index in [1.165, 1.54) is 5.56 Å². The van der Waals surface area contributed by atoms with Crippen LogP contribution in [0.1, 0.15) is 22.8 Å². The zero-order chi connectivity index (χ0) is 19.5. The lowest BCUT2D eigenvalue weighted by Gasteiger charge is -2.33. The van der Waals surface area contributed by atoms with Crippen molar-refractivity contribution < 1.29 is 0 Å². The smallest absolute Gasteiger partial charge is 0.135 e. The van der Waals surface area contributed by atoms with Gasteiger partial charge in [0.1, 0.15) is 11.6 Å². The van der Waals surface area contributed by atoms with Crippen molar-refractivity contribution >= 4 is 5.82 Å². The predicted molar refractivity (Wildman–Crippen MR) is 111 cm³/mol. The quantitative estimate of drug-likeness (QED) is 0.700. The summed E-state index contributed by atoms with van der Waals surface area (Å²) in [5.74, 6) is 1.81. The Morgan fingerprint density at radius 2 is 1.68 bits per heavy atom. The van der Waals surface area contributed by atoms with Crippen LogP contribution in [0, 0.1) is 13.8 Å². The minimum Gasteiger partial charge on any atom is -0.354 e. The van der Waals surface area contributed by atoms with E-state index in [2.05, 4.69) is 38.9 Å². The predicted octanol–water partition coefficient (Wildman–Crippen LogP) is 2.89. The van der Waals surface area contributed by atoms with Crippen LogP contribution in [0.4, 0.5) is 5.82 Å². The molecule has 0 saturated carbocycles. The molecular formula is C22H26N6. The first-order chi connectivity index (χ1) is 13.6. The molecule has 1 aliphatic rings. The molecule has 3 aromatic heterocycles. The van der Waals surface area contributed by atoms with Crippen molar-refractivity contribution in [3.63, 3.8) is 0 Å². The van der Waals surface area contributed by atoms with Crippen molar-refractivity contribution in [2.75, 3.05) is 38.1 Å². The summed E-state index contributed by atoms with van der Waals surface area (Å²) in [6, 6.07) is 12.3. The molecule has 6 nitrogen and oxygen atoms in total. The molecule has 0 aliphatic carbocycles.